The van der Waals surface area contributed by atoms with Gasteiger partial charge in [-0.15, -0.1) is 0 Å². The number of aromatic nitrogens is 2. The van der Waals surface area contributed by atoms with E-state index in [-0.39, 0.29) is 27.3 Å². The van der Waals surface area contributed by atoms with Crippen LogP contribution in [0.1, 0.15) is 5.69 Å². The molecule has 0 amide bonds. The topological polar surface area (TPSA) is 68.9 Å². The van der Waals surface area contributed by atoms with Crippen molar-refractivity contribution in [2.24, 2.45) is 0 Å². The van der Waals surface area contributed by atoms with Gasteiger partial charge in [0.25, 0.3) is 0 Å². The van der Waals surface area contributed by atoms with Gasteiger partial charge in [-0.1, -0.05) is 11.6 Å². The zero-order valence-corrected chi connectivity index (χ0v) is 12.9. The van der Waals surface area contributed by atoms with E-state index in [1.165, 1.54) is 19.1 Å². The van der Waals surface area contributed by atoms with Gasteiger partial charge in [0, 0.05) is 10.0 Å². The lowest BCUT2D eigenvalue weighted by Gasteiger charge is -2.08. The lowest BCUT2D eigenvalue weighted by atomic mass is 10.1. The van der Waals surface area contributed by atoms with Crippen molar-refractivity contribution in [1.29, 1.82) is 0 Å². The first kappa shape index (κ1) is 15.1. The normalized spacial score (nSPS) is 10.7. The van der Waals surface area contributed by atoms with Crippen LogP contribution >= 0.6 is 39.1 Å². The smallest absolute Gasteiger partial charge is 0.258 e. The van der Waals surface area contributed by atoms with Crippen molar-refractivity contribution in [3.8, 4) is 11.3 Å². The fourth-order valence-corrected chi connectivity index (χ4v) is 2.33. The van der Waals surface area contributed by atoms with Crippen LogP contribution in [-0.2, 0) is 0 Å². The number of benzene rings is 1. The average Bonchev–Trinajstić information content (AvgIpc) is 2.34. The summed E-state index contributed by atoms with van der Waals surface area (Å²) < 4.78 is 14.5. The van der Waals surface area contributed by atoms with Crippen LogP contribution in [0.3, 0.4) is 0 Å². The Morgan fingerprint density at radius 3 is 2.60 bits per heavy atom. The van der Waals surface area contributed by atoms with Gasteiger partial charge in [-0.25, -0.2) is 14.4 Å². The molecule has 9 heteroatoms. The minimum absolute atomic E-state index is 0.0449. The van der Waals surface area contributed by atoms with Crippen molar-refractivity contribution in [1.82, 2.24) is 9.97 Å². The van der Waals surface area contributed by atoms with Gasteiger partial charge in [0.15, 0.2) is 11.5 Å². The zero-order chi connectivity index (χ0) is 15.0. The van der Waals surface area contributed by atoms with E-state index in [1.54, 1.807) is 0 Å². The number of aryl methyl sites for hydroxylation is 1. The summed E-state index contributed by atoms with van der Waals surface area (Å²) in [7, 11) is 0. The minimum Gasteiger partial charge on any atom is -0.258 e. The lowest BCUT2D eigenvalue weighted by molar-refractivity contribution is -0.385. The van der Waals surface area contributed by atoms with E-state index >= 15 is 0 Å². The van der Waals surface area contributed by atoms with E-state index in [2.05, 4.69) is 25.9 Å². The molecule has 2 rings (SSSR count). The average molecular weight is 381 g/mol. The summed E-state index contributed by atoms with van der Waals surface area (Å²) >= 11 is 14.5. The molecule has 0 aliphatic carbocycles. The van der Waals surface area contributed by atoms with Gasteiger partial charge < -0.3 is 0 Å². The second-order valence-corrected chi connectivity index (χ2v) is 5.33. The van der Waals surface area contributed by atoms with Crippen molar-refractivity contribution in [3.63, 3.8) is 0 Å². The van der Waals surface area contributed by atoms with E-state index in [4.69, 9.17) is 23.2 Å². The first-order valence-corrected chi connectivity index (χ1v) is 6.70. The van der Waals surface area contributed by atoms with Crippen LogP contribution in [0.25, 0.3) is 11.3 Å². The third-order valence-electron chi connectivity index (χ3n) is 2.50. The predicted octanol–water partition coefficient (Wildman–Crippen LogP) is 4.57. The number of hydrogen-bond acceptors (Lipinski definition) is 4. The van der Waals surface area contributed by atoms with Crippen molar-refractivity contribution in [2.75, 3.05) is 0 Å². The van der Waals surface area contributed by atoms with Crippen molar-refractivity contribution in [2.45, 2.75) is 6.92 Å². The van der Waals surface area contributed by atoms with E-state index in [0.717, 1.165) is 0 Å². The zero-order valence-electron chi connectivity index (χ0n) is 9.82. The van der Waals surface area contributed by atoms with Crippen LogP contribution in [0.15, 0.2) is 16.6 Å². The Morgan fingerprint density at radius 1 is 1.35 bits per heavy atom. The molecule has 0 saturated carbocycles. The maximum absolute atomic E-state index is 14.2. The summed E-state index contributed by atoms with van der Waals surface area (Å²) in [5.41, 5.74) is -0.688. The highest BCUT2D eigenvalue weighted by atomic mass is 79.9. The maximum Gasteiger partial charge on any atom is 0.316 e. The highest BCUT2D eigenvalue weighted by Crippen LogP contribution is 2.37. The van der Waals surface area contributed by atoms with Crippen LogP contribution in [0.4, 0.5) is 10.1 Å². The van der Waals surface area contributed by atoms with Crippen LogP contribution in [-0.4, -0.2) is 14.9 Å². The Labute approximate surface area is 131 Å². The molecule has 5 nitrogen and oxygen atoms in total. The molecule has 0 bridgehead atoms. The summed E-state index contributed by atoms with van der Waals surface area (Å²) in [4.78, 5) is 17.9. The van der Waals surface area contributed by atoms with E-state index in [9.17, 15) is 14.5 Å². The summed E-state index contributed by atoms with van der Waals surface area (Å²) in [6.45, 7) is 1.40. The SMILES string of the molecule is Cc1nc(Cl)nc(-c2ccc(Br)c(Cl)c2F)c1[N+](=O)[O-]. The molecule has 0 atom stereocenters. The van der Waals surface area contributed by atoms with Gasteiger partial charge in [-0.2, -0.15) is 0 Å². The van der Waals surface area contributed by atoms with Crippen molar-refractivity contribution in [3.05, 3.63) is 48.5 Å². The molecule has 0 spiro atoms. The number of rotatable bonds is 2. The molecule has 0 aliphatic heterocycles. The van der Waals surface area contributed by atoms with Gasteiger partial charge in [0.05, 0.1) is 9.95 Å². The molecule has 1 heterocycles. The van der Waals surface area contributed by atoms with Gasteiger partial charge in [0.1, 0.15) is 5.69 Å². The molecule has 104 valence electrons. The second kappa shape index (κ2) is 5.59. The molecule has 0 unspecified atom stereocenters. The molecule has 0 radical (unpaired) electrons. The third kappa shape index (κ3) is 2.61. The molecule has 0 N–H and O–H groups in total. The van der Waals surface area contributed by atoms with E-state index < -0.39 is 16.4 Å². The fourth-order valence-electron chi connectivity index (χ4n) is 1.65. The molecule has 0 saturated heterocycles. The van der Waals surface area contributed by atoms with E-state index in [0.29, 0.717) is 4.47 Å². The summed E-state index contributed by atoms with van der Waals surface area (Å²) in [6.07, 6.45) is 0. The number of halogens is 4. The molecular formula is C11H5BrCl2FN3O2. The summed E-state index contributed by atoms with van der Waals surface area (Å²) in [5.74, 6) is -0.821. The van der Waals surface area contributed by atoms with Gasteiger partial charge >= 0.3 is 5.69 Å². The van der Waals surface area contributed by atoms with Crippen LogP contribution < -0.4 is 0 Å². The molecule has 1 aromatic heterocycles. The van der Waals surface area contributed by atoms with Crippen LogP contribution in [0.2, 0.25) is 10.3 Å². The molecular weight excluding hydrogens is 376 g/mol. The van der Waals surface area contributed by atoms with Gasteiger partial charge in [0.2, 0.25) is 5.28 Å². The molecule has 0 aliphatic rings. The quantitative estimate of drug-likeness (QED) is 0.331. The van der Waals surface area contributed by atoms with Gasteiger partial charge in [-0.3, -0.25) is 10.1 Å². The fraction of sp³-hybridized carbons (Fsp3) is 0.0909. The summed E-state index contributed by atoms with van der Waals surface area (Å²) in [5, 5.41) is 10.7. The molecule has 1 aromatic carbocycles. The largest absolute Gasteiger partial charge is 0.316 e. The Kier molecular flexibility index (Phi) is 4.22. The summed E-state index contributed by atoms with van der Waals surface area (Å²) in [6, 6.07) is 2.80. The predicted molar refractivity (Wildman–Crippen MR) is 76.5 cm³/mol. The second-order valence-electron chi connectivity index (χ2n) is 3.76. The van der Waals surface area contributed by atoms with Gasteiger partial charge in [-0.05, 0) is 46.6 Å². The Hall–Kier alpha value is -1.31. The Morgan fingerprint density at radius 2 is 2.00 bits per heavy atom. The highest BCUT2D eigenvalue weighted by molar-refractivity contribution is 9.10. The monoisotopic (exact) mass is 379 g/mol. The number of nitro groups is 1. The van der Waals surface area contributed by atoms with Crippen molar-refractivity contribution >= 4 is 44.8 Å². The van der Waals surface area contributed by atoms with E-state index in [1.807, 2.05) is 0 Å². The maximum atomic E-state index is 14.2. The standard InChI is InChI=1S/C11H5BrCl2FN3O2/c1-4-10(18(19)20)9(17-11(14)16-4)5-2-3-6(12)7(13)8(5)15/h2-3H,1H3. The van der Waals surface area contributed by atoms with Crippen LogP contribution in [0.5, 0.6) is 0 Å². The first-order valence-electron chi connectivity index (χ1n) is 5.15. The van der Waals surface area contributed by atoms with Crippen molar-refractivity contribution < 1.29 is 9.31 Å². The Bertz CT molecular complexity index is 727. The highest BCUT2D eigenvalue weighted by Gasteiger charge is 2.26. The Balaban J connectivity index is 2.82. The number of hydrogen-bond donors (Lipinski definition) is 0. The lowest BCUT2D eigenvalue weighted by Crippen LogP contribution is -2.02. The molecule has 2 aromatic rings. The minimum atomic E-state index is -0.821. The molecule has 0 fully saturated rings. The molecule has 20 heavy (non-hydrogen) atoms. The number of nitrogens with zero attached hydrogens (tertiary/aromatic N) is 3. The van der Waals surface area contributed by atoms with Crippen LogP contribution in [0, 0.1) is 22.9 Å². The third-order valence-corrected chi connectivity index (χ3v) is 3.93. The first-order chi connectivity index (χ1) is 9.32.